The van der Waals surface area contributed by atoms with Gasteiger partial charge in [0.2, 0.25) is 5.78 Å². The van der Waals surface area contributed by atoms with Crippen LogP contribution in [0.25, 0.3) is 11.1 Å². The van der Waals surface area contributed by atoms with Crippen molar-refractivity contribution >= 4 is 5.78 Å². The number of carbonyl (C=O) groups is 1. The number of alkyl halides is 3. The van der Waals surface area contributed by atoms with Crippen molar-refractivity contribution < 1.29 is 22.7 Å². The first-order valence-corrected chi connectivity index (χ1v) is 7.04. The second-order valence-corrected chi connectivity index (χ2v) is 4.96. The number of hydrogen-bond donors (Lipinski definition) is 0. The van der Waals surface area contributed by atoms with Crippen LogP contribution in [-0.4, -0.2) is 27.1 Å². The normalized spacial score (nSPS) is 11.2. The summed E-state index contributed by atoms with van der Waals surface area (Å²) in [6.07, 6.45) is 0.844. The van der Waals surface area contributed by atoms with E-state index >= 15 is 0 Å². The standard InChI is InChI=1S/C17H10F3N3O2/c18-17(19,20)25-14-4-1-11(2-5-14)12-3-6-15(23-9-12)16(24)13-7-21-10-22-8-13/h1-10H. The molecule has 1 aromatic carbocycles. The van der Waals surface area contributed by atoms with Crippen molar-refractivity contribution in [2.45, 2.75) is 6.36 Å². The molecule has 25 heavy (non-hydrogen) atoms. The topological polar surface area (TPSA) is 65.0 Å². The Bertz CT molecular complexity index is 864. The molecule has 5 nitrogen and oxygen atoms in total. The highest BCUT2D eigenvalue weighted by Crippen LogP contribution is 2.26. The number of halogens is 3. The van der Waals surface area contributed by atoms with Gasteiger partial charge in [-0.2, -0.15) is 0 Å². The van der Waals surface area contributed by atoms with Crippen LogP contribution in [0.3, 0.4) is 0 Å². The molecule has 0 bridgehead atoms. The first kappa shape index (κ1) is 16.6. The van der Waals surface area contributed by atoms with Crippen molar-refractivity contribution in [3.63, 3.8) is 0 Å². The molecule has 0 atom stereocenters. The van der Waals surface area contributed by atoms with Crippen molar-refractivity contribution in [1.82, 2.24) is 15.0 Å². The summed E-state index contributed by atoms with van der Waals surface area (Å²) in [4.78, 5) is 23.9. The van der Waals surface area contributed by atoms with E-state index in [9.17, 15) is 18.0 Å². The minimum absolute atomic E-state index is 0.218. The van der Waals surface area contributed by atoms with Gasteiger partial charge in [0.15, 0.2) is 0 Å². The summed E-state index contributed by atoms with van der Waals surface area (Å²) in [5, 5.41) is 0. The third-order valence-corrected chi connectivity index (χ3v) is 3.24. The Kier molecular flexibility index (Phi) is 4.42. The number of hydrogen-bond acceptors (Lipinski definition) is 5. The maximum Gasteiger partial charge on any atom is 0.573 e. The largest absolute Gasteiger partial charge is 0.573 e. The Morgan fingerprint density at radius 3 is 2.08 bits per heavy atom. The monoisotopic (exact) mass is 345 g/mol. The van der Waals surface area contributed by atoms with Gasteiger partial charge >= 0.3 is 6.36 Å². The van der Waals surface area contributed by atoms with Gasteiger partial charge in [0.05, 0.1) is 5.56 Å². The molecule has 0 N–H and O–H groups in total. The van der Waals surface area contributed by atoms with Gasteiger partial charge in [-0.1, -0.05) is 18.2 Å². The van der Waals surface area contributed by atoms with Crippen molar-refractivity contribution in [3.05, 3.63) is 72.6 Å². The summed E-state index contributed by atoms with van der Waals surface area (Å²) in [6.45, 7) is 0. The maximum atomic E-state index is 12.2. The Hall–Kier alpha value is -3.29. The lowest BCUT2D eigenvalue weighted by atomic mass is 10.1. The first-order chi connectivity index (χ1) is 11.9. The smallest absolute Gasteiger partial charge is 0.406 e. The SMILES string of the molecule is O=C(c1cncnc1)c1ccc(-c2ccc(OC(F)(F)F)cc2)cn1. The van der Waals surface area contributed by atoms with Crippen LogP contribution in [0.4, 0.5) is 13.2 Å². The van der Waals surface area contributed by atoms with E-state index in [0.717, 1.165) is 0 Å². The highest BCUT2D eigenvalue weighted by atomic mass is 19.4. The van der Waals surface area contributed by atoms with Crippen LogP contribution in [-0.2, 0) is 0 Å². The molecule has 2 heterocycles. The molecule has 0 unspecified atom stereocenters. The van der Waals surface area contributed by atoms with E-state index in [-0.39, 0.29) is 17.2 Å². The minimum atomic E-state index is -4.73. The lowest BCUT2D eigenvalue weighted by Crippen LogP contribution is -2.16. The van der Waals surface area contributed by atoms with E-state index < -0.39 is 6.36 Å². The molecule has 3 aromatic rings. The predicted octanol–water partition coefficient (Wildman–Crippen LogP) is 3.67. The lowest BCUT2D eigenvalue weighted by Gasteiger charge is -2.09. The van der Waals surface area contributed by atoms with Crippen LogP contribution in [0.1, 0.15) is 16.1 Å². The summed E-state index contributed by atoms with van der Waals surface area (Å²) < 4.78 is 40.3. The average molecular weight is 345 g/mol. The molecule has 0 saturated heterocycles. The number of carbonyl (C=O) groups excluding carboxylic acids is 1. The quantitative estimate of drug-likeness (QED) is 0.675. The molecule has 0 saturated carbocycles. The van der Waals surface area contributed by atoms with Crippen molar-refractivity contribution in [3.8, 4) is 16.9 Å². The number of pyridine rings is 1. The first-order valence-electron chi connectivity index (χ1n) is 7.04. The van der Waals surface area contributed by atoms with Crippen molar-refractivity contribution in [2.24, 2.45) is 0 Å². The Morgan fingerprint density at radius 2 is 1.52 bits per heavy atom. The third kappa shape index (κ3) is 4.17. The van der Waals surface area contributed by atoms with Gasteiger partial charge < -0.3 is 4.74 Å². The van der Waals surface area contributed by atoms with Gasteiger partial charge in [-0.15, -0.1) is 13.2 Å². The summed E-state index contributed by atoms with van der Waals surface area (Å²) in [5.41, 5.74) is 1.83. The zero-order valence-electron chi connectivity index (χ0n) is 12.6. The summed E-state index contributed by atoms with van der Waals surface area (Å²) in [6, 6.07) is 8.57. The number of nitrogens with zero attached hydrogens (tertiary/aromatic N) is 3. The number of benzene rings is 1. The number of aromatic nitrogens is 3. The van der Waals surface area contributed by atoms with Crippen molar-refractivity contribution in [1.29, 1.82) is 0 Å². The molecule has 0 aliphatic heterocycles. The number of ketones is 1. The zero-order valence-corrected chi connectivity index (χ0v) is 12.6. The molecule has 2 aromatic heterocycles. The molecule has 0 amide bonds. The Morgan fingerprint density at radius 1 is 0.880 bits per heavy atom. The number of ether oxygens (including phenoxy) is 1. The minimum Gasteiger partial charge on any atom is -0.406 e. The van der Waals surface area contributed by atoms with E-state index in [4.69, 9.17) is 0 Å². The molecular weight excluding hydrogens is 335 g/mol. The van der Waals surface area contributed by atoms with E-state index in [1.165, 1.54) is 55.2 Å². The summed E-state index contributed by atoms with van der Waals surface area (Å²) in [7, 11) is 0. The molecule has 126 valence electrons. The van der Waals surface area contributed by atoms with Crippen molar-refractivity contribution in [2.75, 3.05) is 0 Å². The predicted molar refractivity (Wildman–Crippen MR) is 81.8 cm³/mol. The molecule has 8 heteroatoms. The van der Waals surface area contributed by atoms with E-state index in [0.29, 0.717) is 16.7 Å². The second-order valence-electron chi connectivity index (χ2n) is 4.96. The second kappa shape index (κ2) is 6.68. The molecule has 0 aliphatic carbocycles. The van der Waals surface area contributed by atoms with Gasteiger partial charge in [-0.05, 0) is 23.8 Å². The van der Waals surface area contributed by atoms with Crippen LogP contribution in [0.2, 0.25) is 0 Å². The van der Waals surface area contributed by atoms with Gasteiger partial charge in [0, 0.05) is 24.2 Å². The lowest BCUT2D eigenvalue weighted by molar-refractivity contribution is -0.274. The van der Waals surface area contributed by atoms with Crippen LogP contribution in [0.5, 0.6) is 5.75 Å². The molecule has 0 spiro atoms. The molecule has 0 radical (unpaired) electrons. The number of rotatable bonds is 4. The van der Waals surface area contributed by atoms with Gasteiger partial charge in [0.1, 0.15) is 17.8 Å². The summed E-state index contributed by atoms with van der Waals surface area (Å²) in [5.74, 6) is -0.624. The zero-order chi connectivity index (χ0) is 17.9. The molecular formula is C17H10F3N3O2. The van der Waals surface area contributed by atoms with Crippen LogP contribution in [0.15, 0.2) is 61.3 Å². The summed E-state index contributed by atoms with van der Waals surface area (Å²) >= 11 is 0. The van der Waals surface area contributed by atoms with Crippen LogP contribution >= 0.6 is 0 Å². The molecule has 3 rings (SSSR count). The fourth-order valence-electron chi connectivity index (χ4n) is 2.11. The Balaban J connectivity index is 1.77. The molecule has 0 aliphatic rings. The highest BCUT2D eigenvalue weighted by Gasteiger charge is 2.30. The molecule has 0 fully saturated rings. The Labute approximate surface area is 140 Å². The van der Waals surface area contributed by atoms with Crippen LogP contribution < -0.4 is 4.74 Å². The van der Waals surface area contributed by atoms with Gasteiger partial charge in [0.25, 0.3) is 0 Å². The van der Waals surface area contributed by atoms with E-state index in [2.05, 4.69) is 19.7 Å². The third-order valence-electron chi connectivity index (χ3n) is 3.24. The van der Waals surface area contributed by atoms with Gasteiger partial charge in [-0.25, -0.2) is 9.97 Å². The van der Waals surface area contributed by atoms with E-state index in [1.807, 2.05) is 0 Å². The fraction of sp³-hybridized carbons (Fsp3) is 0.0588. The average Bonchev–Trinajstić information content (AvgIpc) is 2.61. The van der Waals surface area contributed by atoms with Gasteiger partial charge in [-0.3, -0.25) is 9.78 Å². The fourth-order valence-corrected chi connectivity index (χ4v) is 2.11. The highest BCUT2D eigenvalue weighted by molar-refractivity contribution is 6.07. The van der Waals surface area contributed by atoms with E-state index in [1.54, 1.807) is 6.07 Å². The maximum absolute atomic E-state index is 12.2. The van der Waals surface area contributed by atoms with Crippen LogP contribution in [0, 0.1) is 0 Å².